The number of carbonyl (C=O) groups is 1. The maximum absolute atomic E-state index is 12.4. The number of methoxy groups -OCH3 is 1. The highest BCUT2D eigenvalue weighted by molar-refractivity contribution is 5.94. The van der Waals surface area contributed by atoms with Crippen LogP contribution in [0.2, 0.25) is 0 Å². The molecule has 0 bridgehead atoms. The van der Waals surface area contributed by atoms with Crippen LogP contribution in [0.25, 0.3) is 0 Å². The smallest absolute Gasteiger partial charge is 0.253 e. The van der Waals surface area contributed by atoms with Gasteiger partial charge in [0.15, 0.2) is 0 Å². The highest BCUT2D eigenvalue weighted by atomic mass is 16.5. The molecule has 2 aromatic carbocycles. The van der Waals surface area contributed by atoms with E-state index in [4.69, 9.17) is 4.74 Å². The van der Waals surface area contributed by atoms with Gasteiger partial charge in [0.1, 0.15) is 5.75 Å². The third kappa shape index (κ3) is 2.66. The first-order valence-corrected chi connectivity index (χ1v) is 9.02. The zero-order valence-electron chi connectivity index (χ0n) is 15.4. The van der Waals surface area contributed by atoms with Crippen LogP contribution in [0, 0.1) is 5.92 Å². The average Bonchev–Trinajstić information content (AvgIpc) is 3.16. The van der Waals surface area contributed by atoms with Crippen molar-refractivity contribution in [3.8, 4) is 5.75 Å². The lowest BCUT2D eigenvalue weighted by molar-refractivity contribution is 0.0827. The zero-order chi connectivity index (χ0) is 18.3. The highest BCUT2D eigenvalue weighted by Gasteiger charge is 2.39. The van der Waals surface area contributed by atoms with Crippen LogP contribution in [0.3, 0.4) is 0 Å². The first kappa shape index (κ1) is 16.7. The summed E-state index contributed by atoms with van der Waals surface area (Å²) in [6.45, 7) is 0. The normalized spacial score (nSPS) is 23.0. The molecule has 1 aliphatic carbocycles. The first-order chi connectivity index (χ1) is 12.6. The van der Waals surface area contributed by atoms with E-state index in [1.165, 1.54) is 11.1 Å². The molecule has 0 spiro atoms. The van der Waals surface area contributed by atoms with E-state index < -0.39 is 0 Å². The molecule has 1 amide bonds. The van der Waals surface area contributed by atoms with Crippen molar-refractivity contribution in [2.75, 3.05) is 26.5 Å². The molecule has 0 fully saturated rings. The van der Waals surface area contributed by atoms with Gasteiger partial charge in [-0.2, -0.15) is 0 Å². The lowest BCUT2D eigenvalue weighted by atomic mass is 9.76. The monoisotopic (exact) mass is 348 g/mol. The predicted octanol–water partition coefficient (Wildman–Crippen LogP) is 4.22. The fourth-order valence-electron chi connectivity index (χ4n) is 4.22. The summed E-state index contributed by atoms with van der Waals surface area (Å²) in [4.78, 5) is 14.0. The lowest BCUT2D eigenvalue weighted by Crippen LogP contribution is -2.30. The molecule has 2 aliphatic rings. The zero-order valence-corrected chi connectivity index (χ0v) is 15.4. The Morgan fingerprint density at radius 3 is 2.73 bits per heavy atom. The van der Waals surface area contributed by atoms with Gasteiger partial charge in [-0.25, -0.2) is 0 Å². The quantitative estimate of drug-likeness (QED) is 0.844. The summed E-state index contributed by atoms with van der Waals surface area (Å²) in [5.41, 5.74) is 4.24. The third-order valence-corrected chi connectivity index (χ3v) is 5.49. The van der Waals surface area contributed by atoms with E-state index in [0.717, 1.165) is 23.4 Å². The standard InChI is InChI=1S/C22H24N2O2/c1-24(2)22(25)14-11-12-19-18(13-14)15-8-6-9-16(15)21(23-19)17-7-4-5-10-20(17)26-3/h4-8,10-13,15-16,21,23H,9H2,1-3H3. The molecule has 0 radical (unpaired) electrons. The second kappa shape index (κ2) is 6.52. The molecule has 4 heteroatoms. The maximum atomic E-state index is 12.4. The number of hydrogen-bond donors (Lipinski definition) is 1. The van der Waals surface area contributed by atoms with Crippen molar-refractivity contribution < 1.29 is 9.53 Å². The Hall–Kier alpha value is -2.75. The van der Waals surface area contributed by atoms with E-state index >= 15 is 0 Å². The maximum Gasteiger partial charge on any atom is 0.253 e. The number of benzene rings is 2. The summed E-state index contributed by atoms with van der Waals surface area (Å²) >= 11 is 0. The van der Waals surface area contributed by atoms with E-state index in [0.29, 0.717) is 11.8 Å². The van der Waals surface area contributed by atoms with Crippen molar-refractivity contribution in [3.05, 3.63) is 71.3 Å². The van der Waals surface area contributed by atoms with E-state index in [2.05, 4.69) is 35.7 Å². The van der Waals surface area contributed by atoms with Gasteiger partial charge in [-0.05, 0) is 42.2 Å². The molecule has 3 unspecified atom stereocenters. The highest BCUT2D eigenvalue weighted by Crippen LogP contribution is 2.51. The molecule has 0 aromatic heterocycles. The van der Waals surface area contributed by atoms with Crippen molar-refractivity contribution in [3.63, 3.8) is 0 Å². The summed E-state index contributed by atoms with van der Waals surface area (Å²) < 4.78 is 5.60. The number of hydrogen-bond acceptors (Lipinski definition) is 3. The van der Waals surface area contributed by atoms with Crippen molar-refractivity contribution in [2.24, 2.45) is 5.92 Å². The summed E-state index contributed by atoms with van der Waals surface area (Å²) in [5.74, 6) is 1.69. The van der Waals surface area contributed by atoms with Crippen LogP contribution in [0.1, 0.15) is 39.9 Å². The number of allylic oxidation sites excluding steroid dienone is 2. The minimum Gasteiger partial charge on any atom is -0.496 e. The number of nitrogens with one attached hydrogen (secondary N) is 1. The summed E-state index contributed by atoms with van der Waals surface area (Å²) in [5, 5.41) is 3.71. The largest absolute Gasteiger partial charge is 0.496 e. The third-order valence-electron chi connectivity index (χ3n) is 5.49. The number of amides is 1. The number of carbonyl (C=O) groups excluding carboxylic acids is 1. The average molecular weight is 348 g/mol. The Bertz CT molecular complexity index is 872. The van der Waals surface area contributed by atoms with Gasteiger partial charge in [-0.3, -0.25) is 4.79 Å². The van der Waals surface area contributed by atoms with Crippen LogP contribution in [-0.2, 0) is 0 Å². The molecule has 134 valence electrons. The Balaban J connectivity index is 1.76. The summed E-state index contributed by atoms with van der Waals surface area (Å²) in [7, 11) is 5.30. The molecule has 26 heavy (non-hydrogen) atoms. The van der Waals surface area contributed by atoms with Gasteiger partial charge in [0.25, 0.3) is 5.91 Å². The van der Waals surface area contributed by atoms with Crippen LogP contribution in [0.4, 0.5) is 5.69 Å². The fourth-order valence-corrected chi connectivity index (χ4v) is 4.22. The minimum absolute atomic E-state index is 0.0400. The first-order valence-electron chi connectivity index (χ1n) is 9.02. The molecule has 1 N–H and O–H groups in total. The van der Waals surface area contributed by atoms with Gasteiger partial charge in [0.05, 0.1) is 13.2 Å². The SMILES string of the molecule is COc1ccccc1C1Nc2ccc(C(=O)N(C)C)cc2C2C=CCC21. The molecule has 1 aliphatic heterocycles. The Morgan fingerprint density at radius 2 is 1.96 bits per heavy atom. The van der Waals surface area contributed by atoms with Gasteiger partial charge < -0.3 is 15.0 Å². The molecule has 0 saturated heterocycles. The van der Waals surface area contributed by atoms with Crippen molar-refractivity contribution in [2.45, 2.75) is 18.4 Å². The number of ether oxygens (including phenoxy) is 1. The number of para-hydroxylation sites is 1. The second-order valence-corrected chi connectivity index (χ2v) is 7.22. The van der Waals surface area contributed by atoms with E-state index in [1.807, 2.05) is 24.3 Å². The molecular formula is C22H24N2O2. The Morgan fingerprint density at radius 1 is 1.15 bits per heavy atom. The van der Waals surface area contributed by atoms with Gasteiger partial charge in [-0.1, -0.05) is 30.4 Å². The van der Waals surface area contributed by atoms with Crippen LogP contribution < -0.4 is 10.1 Å². The van der Waals surface area contributed by atoms with Gasteiger partial charge in [-0.15, -0.1) is 0 Å². The molecule has 4 nitrogen and oxygen atoms in total. The number of rotatable bonds is 3. The lowest BCUT2D eigenvalue weighted by Gasteiger charge is -2.38. The molecule has 1 heterocycles. The van der Waals surface area contributed by atoms with Crippen LogP contribution in [-0.4, -0.2) is 32.0 Å². The topological polar surface area (TPSA) is 41.6 Å². The van der Waals surface area contributed by atoms with Crippen LogP contribution in [0.5, 0.6) is 5.75 Å². The van der Waals surface area contributed by atoms with Crippen LogP contribution >= 0.6 is 0 Å². The molecular weight excluding hydrogens is 324 g/mol. The predicted molar refractivity (Wildman–Crippen MR) is 104 cm³/mol. The van der Waals surface area contributed by atoms with Crippen molar-refractivity contribution in [1.29, 1.82) is 0 Å². The summed E-state index contributed by atoms with van der Waals surface area (Å²) in [6, 6.07) is 14.4. The van der Waals surface area contributed by atoms with E-state index in [-0.39, 0.29) is 11.9 Å². The van der Waals surface area contributed by atoms with E-state index in [1.54, 1.807) is 26.1 Å². The molecule has 3 atom stereocenters. The van der Waals surface area contributed by atoms with Crippen LogP contribution in [0.15, 0.2) is 54.6 Å². The number of fused-ring (bicyclic) bond motifs is 3. The number of anilines is 1. The molecule has 4 rings (SSSR count). The van der Waals surface area contributed by atoms with E-state index in [9.17, 15) is 4.79 Å². The van der Waals surface area contributed by atoms with Gasteiger partial charge >= 0.3 is 0 Å². The Kier molecular flexibility index (Phi) is 4.19. The van der Waals surface area contributed by atoms with Crippen molar-refractivity contribution in [1.82, 2.24) is 4.90 Å². The fraction of sp³-hybridized carbons (Fsp3) is 0.318. The Labute approximate surface area is 154 Å². The minimum atomic E-state index is 0.0400. The second-order valence-electron chi connectivity index (χ2n) is 7.22. The summed E-state index contributed by atoms with van der Waals surface area (Å²) in [6.07, 6.45) is 5.57. The molecule has 0 saturated carbocycles. The van der Waals surface area contributed by atoms with Crippen molar-refractivity contribution >= 4 is 11.6 Å². The molecule has 2 aromatic rings. The van der Waals surface area contributed by atoms with Gasteiger partial charge in [0, 0.05) is 36.8 Å². The number of nitrogens with zero attached hydrogens (tertiary/aromatic N) is 1. The van der Waals surface area contributed by atoms with Gasteiger partial charge in [0.2, 0.25) is 0 Å².